The zero-order valence-electron chi connectivity index (χ0n) is 15.5. The molecule has 4 N–H and O–H groups in total. The first-order valence-corrected chi connectivity index (χ1v) is 10.2. The molecule has 29 heavy (non-hydrogen) atoms. The SMILES string of the molecule is CCS(=O)(=O)c1ccc(Oc2cc(N)c(N)cc2Oc2ccccc2C#N)cn1. The van der Waals surface area contributed by atoms with E-state index in [9.17, 15) is 13.7 Å². The predicted molar refractivity (Wildman–Crippen MR) is 109 cm³/mol. The Morgan fingerprint density at radius 2 is 1.66 bits per heavy atom. The maximum absolute atomic E-state index is 11.9. The largest absolute Gasteiger partial charge is 0.452 e. The number of anilines is 2. The number of hydrogen-bond acceptors (Lipinski definition) is 8. The van der Waals surface area contributed by atoms with Crippen molar-refractivity contribution in [2.24, 2.45) is 0 Å². The number of nitriles is 1. The maximum atomic E-state index is 11.9. The molecule has 8 nitrogen and oxygen atoms in total. The van der Waals surface area contributed by atoms with Gasteiger partial charge in [0.05, 0.1) is 28.9 Å². The Bertz CT molecular complexity index is 1190. The summed E-state index contributed by atoms with van der Waals surface area (Å²) in [5, 5.41) is 9.21. The molecule has 1 aromatic heterocycles. The fraction of sp³-hybridized carbons (Fsp3) is 0.100. The van der Waals surface area contributed by atoms with E-state index in [1.807, 2.05) is 6.07 Å². The highest BCUT2D eigenvalue weighted by molar-refractivity contribution is 7.91. The third-order valence-electron chi connectivity index (χ3n) is 4.01. The predicted octanol–water partition coefficient (Wildman–Crippen LogP) is 3.50. The molecule has 3 aromatic rings. The molecule has 0 amide bonds. The minimum atomic E-state index is -3.42. The summed E-state index contributed by atoms with van der Waals surface area (Å²) in [6.07, 6.45) is 1.29. The molecule has 1 heterocycles. The number of aromatic nitrogens is 1. The van der Waals surface area contributed by atoms with Crippen molar-refractivity contribution in [1.29, 1.82) is 5.26 Å². The van der Waals surface area contributed by atoms with E-state index in [0.717, 1.165) is 0 Å². The number of rotatable bonds is 6. The van der Waals surface area contributed by atoms with Crippen LogP contribution in [0.25, 0.3) is 0 Å². The number of nitrogen functional groups attached to an aromatic ring is 2. The van der Waals surface area contributed by atoms with Crippen LogP contribution in [0.3, 0.4) is 0 Å². The van der Waals surface area contributed by atoms with Gasteiger partial charge < -0.3 is 20.9 Å². The second-order valence-corrected chi connectivity index (χ2v) is 8.20. The first-order valence-electron chi connectivity index (χ1n) is 8.56. The average molecular weight is 410 g/mol. The maximum Gasteiger partial charge on any atom is 0.195 e. The molecular weight excluding hydrogens is 392 g/mol. The lowest BCUT2D eigenvalue weighted by Crippen LogP contribution is -2.05. The number of sulfone groups is 1. The Balaban J connectivity index is 1.95. The van der Waals surface area contributed by atoms with Gasteiger partial charge in [0.2, 0.25) is 0 Å². The summed E-state index contributed by atoms with van der Waals surface area (Å²) in [4.78, 5) is 3.95. The topological polar surface area (TPSA) is 141 Å². The summed E-state index contributed by atoms with van der Waals surface area (Å²) in [7, 11) is -3.42. The zero-order chi connectivity index (χ0) is 21.0. The Hall–Kier alpha value is -3.77. The van der Waals surface area contributed by atoms with Crippen LogP contribution in [0, 0.1) is 11.3 Å². The highest BCUT2D eigenvalue weighted by atomic mass is 32.2. The number of hydrogen-bond donors (Lipinski definition) is 2. The number of benzene rings is 2. The van der Waals surface area contributed by atoms with Gasteiger partial charge >= 0.3 is 0 Å². The molecule has 148 valence electrons. The lowest BCUT2D eigenvalue weighted by molar-refractivity contribution is 0.417. The van der Waals surface area contributed by atoms with E-state index in [4.69, 9.17) is 20.9 Å². The van der Waals surface area contributed by atoms with Gasteiger partial charge in [0.25, 0.3) is 0 Å². The molecule has 0 spiro atoms. The fourth-order valence-electron chi connectivity index (χ4n) is 2.40. The summed E-state index contributed by atoms with van der Waals surface area (Å²) < 4.78 is 35.4. The number of ether oxygens (including phenoxy) is 2. The number of nitrogens with zero attached hydrogens (tertiary/aromatic N) is 2. The first-order chi connectivity index (χ1) is 13.8. The third-order valence-corrected chi connectivity index (χ3v) is 5.65. The van der Waals surface area contributed by atoms with Crippen molar-refractivity contribution in [1.82, 2.24) is 4.98 Å². The minimum absolute atomic E-state index is 0.0383. The smallest absolute Gasteiger partial charge is 0.195 e. The van der Waals surface area contributed by atoms with Crippen molar-refractivity contribution < 1.29 is 17.9 Å². The highest BCUT2D eigenvalue weighted by Gasteiger charge is 2.16. The molecule has 0 aliphatic rings. The Kier molecular flexibility index (Phi) is 5.57. The molecule has 0 fully saturated rings. The van der Waals surface area contributed by atoms with Crippen molar-refractivity contribution in [2.75, 3.05) is 17.2 Å². The molecule has 9 heteroatoms. The molecule has 0 saturated carbocycles. The molecule has 3 rings (SSSR count). The van der Waals surface area contributed by atoms with E-state index in [2.05, 4.69) is 4.98 Å². The average Bonchev–Trinajstić information content (AvgIpc) is 2.72. The Morgan fingerprint density at radius 1 is 1.00 bits per heavy atom. The molecule has 0 radical (unpaired) electrons. The van der Waals surface area contributed by atoms with Gasteiger partial charge in [0.1, 0.15) is 17.6 Å². The van der Waals surface area contributed by atoms with Crippen molar-refractivity contribution >= 4 is 21.2 Å². The van der Waals surface area contributed by atoms with Gasteiger partial charge in [-0.2, -0.15) is 5.26 Å². The summed E-state index contributed by atoms with van der Waals surface area (Å²) in [6, 6.07) is 14.6. The van der Waals surface area contributed by atoms with Crippen LogP contribution in [0.15, 0.2) is 59.8 Å². The van der Waals surface area contributed by atoms with Gasteiger partial charge in [0, 0.05) is 12.1 Å². The van der Waals surface area contributed by atoms with Crippen molar-refractivity contribution in [3.05, 3.63) is 60.3 Å². The third kappa shape index (κ3) is 4.39. The van der Waals surface area contributed by atoms with Gasteiger partial charge in [-0.15, -0.1) is 0 Å². The van der Waals surface area contributed by atoms with E-state index < -0.39 is 9.84 Å². The van der Waals surface area contributed by atoms with Crippen LogP contribution in [0.1, 0.15) is 12.5 Å². The molecule has 0 aliphatic carbocycles. The quantitative estimate of drug-likeness (QED) is 0.588. The monoisotopic (exact) mass is 410 g/mol. The van der Waals surface area contributed by atoms with Gasteiger partial charge in [0.15, 0.2) is 26.4 Å². The van der Waals surface area contributed by atoms with Crippen LogP contribution < -0.4 is 20.9 Å². The molecule has 0 saturated heterocycles. The van der Waals surface area contributed by atoms with Gasteiger partial charge in [-0.3, -0.25) is 0 Å². The van der Waals surface area contributed by atoms with Crippen LogP contribution >= 0.6 is 0 Å². The molecule has 0 atom stereocenters. The van der Waals surface area contributed by atoms with E-state index in [1.165, 1.54) is 30.5 Å². The highest BCUT2D eigenvalue weighted by Crippen LogP contribution is 2.39. The minimum Gasteiger partial charge on any atom is -0.452 e. The Labute approximate surface area is 168 Å². The van der Waals surface area contributed by atoms with Crippen molar-refractivity contribution in [3.8, 4) is 29.1 Å². The van der Waals surface area contributed by atoms with E-state index in [-0.39, 0.29) is 39.4 Å². The van der Waals surface area contributed by atoms with Gasteiger partial charge in [-0.25, -0.2) is 13.4 Å². The van der Waals surface area contributed by atoms with Crippen LogP contribution in [0.4, 0.5) is 11.4 Å². The summed E-state index contributed by atoms with van der Waals surface area (Å²) in [5.41, 5.74) is 12.7. The van der Waals surface area contributed by atoms with Crippen molar-refractivity contribution in [2.45, 2.75) is 11.9 Å². The first kappa shape index (κ1) is 20.0. The van der Waals surface area contributed by atoms with Crippen LogP contribution in [-0.4, -0.2) is 19.2 Å². The van der Waals surface area contributed by atoms with Gasteiger partial charge in [-0.05, 0) is 24.3 Å². The molecule has 0 unspecified atom stereocenters. The van der Waals surface area contributed by atoms with E-state index in [1.54, 1.807) is 31.2 Å². The summed E-state index contributed by atoms with van der Waals surface area (Å²) in [5.74, 6) is 1.03. The van der Waals surface area contributed by atoms with Gasteiger partial charge in [-0.1, -0.05) is 19.1 Å². The zero-order valence-corrected chi connectivity index (χ0v) is 16.3. The lowest BCUT2D eigenvalue weighted by Gasteiger charge is -2.15. The molecule has 0 aliphatic heterocycles. The molecular formula is C20H18N4O4S. The standard InChI is InChI=1S/C20H18N4O4S/c1-2-29(25,26)20-8-7-14(12-24-20)27-18-9-15(22)16(23)10-19(18)28-17-6-4-3-5-13(17)11-21/h3-10,12H,2,22-23H2,1H3. The van der Waals surface area contributed by atoms with Crippen LogP contribution in [0.5, 0.6) is 23.0 Å². The lowest BCUT2D eigenvalue weighted by atomic mass is 10.2. The van der Waals surface area contributed by atoms with Crippen molar-refractivity contribution in [3.63, 3.8) is 0 Å². The fourth-order valence-corrected chi connectivity index (χ4v) is 3.19. The van der Waals surface area contributed by atoms with E-state index in [0.29, 0.717) is 11.3 Å². The van der Waals surface area contributed by atoms with Crippen LogP contribution in [-0.2, 0) is 9.84 Å². The normalized spacial score (nSPS) is 10.9. The number of nitrogens with two attached hydrogens (primary N) is 2. The molecule has 0 bridgehead atoms. The second kappa shape index (κ2) is 8.08. The summed E-state index contributed by atoms with van der Waals surface area (Å²) in [6.45, 7) is 1.54. The Morgan fingerprint density at radius 3 is 2.24 bits per heavy atom. The molecule has 2 aromatic carbocycles. The van der Waals surface area contributed by atoms with E-state index >= 15 is 0 Å². The summed E-state index contributed by atoms with van der Waals surface area (Å²) >= 11 is 0. The van der Waals surface area contributed by atoms with Crippen LogP contribution in [0.2, 0.25) is 0 Å². The number of pyridine rings is 1. The second-order valence-electron chi connectivity index (χ2n) is 5.98. The number of para-hydroxylation sites is 1.